The first-order chi connectivity index (χ1) is 6.89. The first-order valence-electron chi connectivity index (χ1n) is 4.41. The third-order valence-electron chi connectivity index (χ3n) is 2.43. The summed E-state index contributed by atoms with van der Waals surface area (Å²) in [6, 6.07) is 0. The second kappa shape index (κ2) is 4.26. The number of likely N-dealkylation sites (tertiary alicyclic amines) is 1. The fourth-order valence-corrected chi connectivity index (χ4v) is 1.52. The van der Waals surface area contributed by atoms with E-state index in [0.29, 0.717) is 0 Å². The standard InChI is InChI=1S/C7H11F3N4O/c8-7(9,10)6(15)1-3-14(5-6)4-2-12-13-11/h15H,1-5H2. The molecule has 0 aromatic heterocycles. The summed E-state index contributed by atoms with van der Waals surface area (Å²) in [7, 11) is 0. The topological polar surface area (TPSA) is 72.2 Å². The third-order valence-corrected chi connectivity index (χ3v) is 2.43. The van der Waals surface area contributed by atoms with E-state index in [0.717, 1.165) is 0 Å². The Morgan fingerprint density at radius 1 is 1.53 bits per heavy atom. The number of aliphatic hydroxyl groups is 1. The Labute approximate surface area is 84.1 Å². The molecular weight excluding hydrogens is 213 g/mol. The molecule has 1 N–H and O–H groups in total. The van der Waals surface area contributed by atoms with Gasteiger partial charge in [-0.15, -0.1) is 0 Å². The number of azide groups is 1. The van der Waals surface area contributed by atoms with Gasteiger partial charge in [-0.05, 0) is 12.0 Å². The van der Waals surface area contributed by atoms with E-state index in [4.69, 9.17) is 5.53 Å². The van der Waals surface area contributed by atoms with Crippen LogP contribution in [-0.4, -0.2) is 48.0 Å². The summed E-state index contributed by atoms with van der Waals surface area (Å²) in [4.78, 5) is 3.93. The van der Waals surface area contributed by atoms with Crippen LogP contribution >= 0.6 is 0 Å². The zero-order valence-corrected chi connectivity index (χ0v) is 7.91. The van der Waals surface area contributed by atoms with Crippen LogP contribution in [0.2, 0.25) is 0 Å². The molecule has 0 saturated carbocycles. The molecule has 5 nitrogen and oxygen atoms in total. The number of rotatable bonds is 3. The van der Waals surface area contributed by atoms with Crippen molar-refractivity contribution in [1.82, 2.24) is 4.90 Å². The number of halogens is 3. The Morgan fingerprint density at radius 2 is 2.20 bits per heavy atom. The normalized spacial score (nSPS) is 27.7. The summed E-state index contributed by atoms with van der Waals surface area (Å²) in [5, 5.41) is 12.5. The van der Waals surface area contributed by atoms with Gasteiger partial charge in [-0.25, -0.2) is 0 Å². The summed E-state index contributed by atoms with van der Waals surface area (Å²) in [5.74, 6) is 0. The van der Waals surface area contributed by atoms with Crippen molar-refractivity contribution in [2.75, 3.05) is 26.2 Å². The van der Waals surface area contributed by atoms with Crippen molar-refractivity contribution in [3.8, 4) is 0 Å². The van der Waals surface area contributed by atoms with Gasteiger partial charge in [-0.3, -0.25) is 4.90 Å². The first kappa shape index (κ1) is 12.1. The van der Waals surface area contributed by atoms with E-state index in [1.165, 1.54) is 4.90 Å². The van der Waals surface area contributed by atoms with Crippen LogP contribution in [0.25, 0.3) is 10.4 Å². The molecule has 15 heavy (non-hydrogen) atoms. The summed E-state index contributed by atoms with van der Waals surface area (Å²) < 4.78 is 37.0. The molecule has 0 bridgehead atoms. The lowest BCUT2D eigenvalue weighted by Crippen LogP contribution is -2.47. The number of nitrogens with zero attached hydrogens (tertiary/aromatic N) is 4. The monoisotopic (exact) mass is 224 g/mol. The average Bonchev–Trinajstić information content (AvgIpc) is 2.48. The zero-order valence-electron chi connectivity index (χ0n) is 7.91. The lowest BCUT2D eigenvalue weighted by Gasteiger charge is -2.25. The van der Waals surface area contributed by atoms with Gasteiger partial charge in [0.25, 0.3) is 0 Å². The molecular formula is C7H11F3N4O. The number of hydrogen-bond acceptors (Lipinski definition) is 3. The Morgan fingerprint density at radius 3 is 2.67 bits per heavy atom. The highest BCUT2D eigenvalue weighted by molar-refractivity contribution is 4.95. The van der Waals surface area contributed by atoms with Crippen molar-refractivity contribution in [2.24, 2.45) is 5.11 Å². The van der Waals surface area contributed by atoms with Gasteiger partial charge in [0.1, 0.15) is 0 Å². The second-order valence-electron chi connectivity index (χ2n) is 3.51. The van der Waals surface area contributed by atoms with Crippen LogP contribution in [0.4, 0.5) is 13.2 Å². The van der Waals surface area contributed by atoms with Gasteiger partial charge < -0.3 is 5.11 Å². The summed E-state index contributed by atoms with van der Waals surface area (Å²) in [6.45, 7) is 0.0707. The highest BCUT2D eigenvalue weighted by Gasteiger charge is 2.56. The molecule has 0 radical (unpaired) electrons. The molecule has 0 spiro atoms. The predicted molar refractivity (Wildman–Crippen MR) is 46.1 cm³/mol. The smallest absolute Gasteiger partial charge is 0.379 e. The molecule has 1 unspecified atom stereocenters. The van der Waals surface area contributed by atoms with E-state index in [-0.39, 0.29) is 26.1 Å². The van der Waals surface area contributed by atoms with Crippen molar-refractivity contribution in [2.45, 2.75) is 18.2 Å². The summed E-state index contributed by atoms with van der Waals surface area (Å²) >= 11 is 0. The van der Waals surface area contributed by atoms with Gasteiger partial charge in [0.2, 0.25) is 0 Å². The zero-order chi connectivity index (χ0) is 11.5. The van der Waals surface area contributed by atoms with Gasteiger partial charge in [-0.2, -0.15) is 13.2 Å². The van der Waals surface area contributed by atoms with Crippen LogP contribution in [0.5, 0.6) is 0 Å². The van der Waals surface area contributed by atoms with E-state index < -0.39 is 18.3 Å². The van der Waals surface area contributed by atoms with Crippen LogP contribution in [0, 0.1) is 0 Å². The quantitative estimate of drug-likeness (QED) is 0.445. The summed E-state index contributed by atoms with van der Waals surface area (Å²) in [6.07, 6.45) is -4.92. The van der Waals surface area contributed by atoms with Gasteiger partial charge in [0.05, 0.1) is 0 Å². The molecule has 8 heteroatoms. The third kappa shape index (κ3) is 2.74. The Balaban J connectivity index is 2.48. The first-order valence-corrected chi connectivity index (χ1v) is 4.41. The number of hydrogen-bond donors (Lipinski definition) is 1. The fraction of sp³-hybridized carbons (Fsp3) is 1.00. The fourth-order valence-electron chi connectivity index (χ4n) is 1.52. The average molecular weight is 224 g/mol. The second-order valence-corrected chi connectivity index (χ2v) is 3.51. The van der Waals surface area contributed by atoms with Crippen molar-refractivity contribution < 1.29 is 18.3 Å². The molecule has 1 atom stereocenters. The van der Waals surface area contributed by atoms with Crippen LogP contribution < -0.4 is 0 Å². The van der Waals surface area contributed by atoms with Gasteiger partial charge in [-0.1, -0.05) is 5.11 Å². The minimum absolute atomic E-state index is 0.116. The predicted octanol–water partition coefficient (Wildman–Crippen LogP) is 1.30. The van der Waals surface area contributed by atoms with Gasteiger partial charge >= 0.3 is 6.18 Å². The SMILES string of the molecule is [N-]=[N+]=NCCN1CCC(O)(C(F)(F)F)C1. The van der Waals surface area contributed by atoms with Gasteiger partial charge in [0.15, 0.2) is 5.60 Å². The summed E-state index contributed by atoms with van der Waals surface area (Å²) in [5.41, 5.74) is 5.37. The van der Waals surface area contributed by atoms with E-state index in [1.807, 2.05) is 0 Å². The van der Waals surface area contributed by atoms with E-state index in [9.17, 15) is 18.3 Å². The van der Waals surface area contributed by atoms with Crippen LogP contribution in [-0.2, 0) is 0 Å². The van der Waals surface area contributed by atoms with E-state index in [1.54, 1.807) is 0 Å². The highest BCUT2D eigenvalue weighted by atomic mass is 19.4. The minimum atomic E-state index is -4.60. The number of alkyl halides is 3. The lowest BCUT2D eigenvalue weighted by atomic mass is 10.0. The molecule has 1 fully saturated rings. The number of β-amino-alcohol motifs (C(OH)–C–C–N with tert-alkyl or cyclic N) is 1. The van der Waals surface area contributed by atoms with Crippen molar-refractivity contribution in [3.63, 3.8) is 0 Å². The van der Waals surface area contributed by atoms with Gasteiger partial charge in [0, 0.05) is 31.1 Å². The Kier molecular flexibility index (Phi) is 3.43. The molecule has 0 aliphatic carbocycles. The van der Waals surface area contributed by atoms with Crippen LogP contribution in [0.15, 0.2) is 5.11 Å². The van der Waals surface area contributed by atoms with Crippen molar-refractivity contribution >= 4 is 0 Å². The van der Waals surface area contributed by atoms with Crippen molar-refractivity contribution in [1.29, 1.82) is 0 Å². The maximum absolute atomic E-state index is 12.3. The van der Waals surface area contributed by atoms with Crippen molar-refractivity contribution in [3.05, 3.63) is 10.4 Å². The largest absolute Gasteiger partial charge is 0.418 e. The minimum Gasteiger partial charge on any atom is -0.379 e. The Bertz CT molecular complexity index is 276. The van der Waals surface area contributed by atoms with E-state index in [2.05, 4.69) is 10.0 Å². The van der Waals surface area contributed by atoms with Crippen LogP contribution in [0.3, 0.4) is 0 Å². The molecule has 1 aliphatic rings. The molecule has 0 aromatic carbocycles. The maximum Gasteiger partial charge on any atom is 0.418 e. The maximum atomic E-state index is 12.3. The molecule has 0 aromatic rings. The molecule has 1 heterocycles. The lowest BCUT2D eigenvalue weighted by molar-refractivity contribution is -0.253. The molecule has 0 amide bonds. The molecule has 1 rings (SSSR count). The van der Waals surface area contributed by atoms with Crippen LogP contribution in [0.1, 0.15) is 6.42 Å². The molecule has 1 aliphatic heterocycles. The van der Waals surface area contributed by atoms with E-state index >= 15 is 0 Å². The Hall–Kier alpha value is -0.980. The highest BCUT2D eigenvalue weighted by Crippen LogP contribution is 2.37. The molecule has 86 valence electrons. The molecule has 1 saturated heterocycles.